The lowest BCUT2D eigenvalue weighted by Crippen LogP contribution is -2.56. The fraction of sp³-hybridized carbons (Fsp3) is 0.444. The van der Waals surface area contributed by atoms with E-state index in [2.05, 4.69) is 83.7 Å². The molecule has 0 aromatic heterocycles. The van der Waals surface area contributed by atoms with Gasteiger partial charge in [0.2, 0.25) is 11.8 Å². The number of amides is 2. The number of aryl methyl sites for hydroxylation is 1. The van der Waals surface area contributed by atoms with Crippen LogP contribution in [0, 0.1) is 6.92 Å². The zero-order chi connectivity index (χ0) is 31.1. The number of carbonyl (C=O) groups excluding carboxylic acids is 2. The van der Waals surface area contributed by atoms with E-state index in [9.17, 15) is 9.59 Å². The molecule has 0 bridgehead atoms. The second-order valence-corrected chi connectivity index (χ2v) is 12.4. The lowest BCUT2D eigenvalue weighted by molar-refractivity contribution is -0.138. The van der Waals surface area contributed by atoms with Crippen molar-refractivity contribution in [3.05, 3.63) is 106 Å². The molecule has 0 saturated carbocycles. The van der Waals surface area contributed by atoms with Crippen molar-refractivity contribution in [3.63, 3.8) is 0 Å². The highest BCUT2D eigenvalue weighted by Crippen LogP contribution is 2.30. The summed E-state index contributed by atoms with van der Waals surface area (Å²) < 4.78 is 0. The van der Waals surface area contributed by atoms with Gasteiger partial charge in [-0.2, -0.15) is 0 Å². The van der Waals surface area contributed by atoms with Crippen molar-refractivity contribution in [3.8, 4) is 0 Å². The minimum Gasteiger partial charge on any atom is -0.344 e. The Kier molecular flexibility index (Phi) is 11.1. The van der Waals surface area contributed by atoms with Gasteiger partial charge >= 0.3 is 0 Å². The Bertz CT molecular complexity index is 1400. The van der Waals surface area contributed by atoms with Crippen LogP contribution in [-0.2, 0) is 22.6 Å². The Labute approximate surface area is 267 Å². The molecular formula is C36H46ClN5O2. The number of hydrogen-bond donors (Lipinski definition) is 2. The molecule has 2 N–H and O–H groups in total. The normalized spacial score (nSPS) is 18.2. The van der Waals surface area contributed by atoms with E-state index in [-0.39, 0.29) is 23.9 Å². The minimum absolute atomic E-state index is 0.0172. The quantitative estimate of drug-likeness (QED) is 0.295. The van der Waals surface area contributed by atoms with Gasteiger partial charge in [0.25, 0.3) is 0 Å². The Balaban J connectivity index is 1.27. The highest BCUT2D eigenvalue weighted by molar-refractivity contribution is 6.31. The van der Waals surface area contributed by atoms with Crippen LogP contribution in [0.15, 0.2) is 72.8 Å². The number of fused-ring (bicyclic) bond motifs is 1. The first-order valence-electron chi connectivity index (χ1n) is 16.0. The van der Waals surface area contributed by atoms with E-state index < -0.39 is 6.04 Å². The first kappa shape index (κ1) is 32.2. The Morgan fingerprint density at radius 3 is 2.34 bits per heavy atom. The predicted molar refractivity (Wildman–Crippen MR) is 178 cm³/mol. The molecular weight excluding hydrogens is 570 g/mol. The molecule has 3 aromatic carbocycles. The number of benzene rings is 3. The van der Waals surface area contributed by atoms with Crippen LogP contribution in [0.25, 0.3) is 0 Å². The molecule has 3 atom stereocenters. The molecule has 2 heterocycles. The van der Waals surface area contributed by atoms with Crippen molar-refractivity contribution in [2.45, 2.75) is 58.3 Å². The van der Waals surface area contributed by atoms with Gasteiger partial charge in [-0.25, -0.2) is 0 Å². The summed E-state index contributed by atoms with van der Waals surface area (Å²) in [6, 6.07) is 24.0. The second kappa shape index (κ2) is 15.2. The van der Waals surface area contributed by atoms with Gasteiger partial charge in [-0.05, 0) is 48.3 Å². The van der Waals surface area contributed by atoms with Crippen LogP contribution in [0.5, 0.6) is 0 Å². The van der Waals surface area contributed by atoms with Crippen LogP contribution in [-0.4, -0.2) is 78.4 Å². The first-order valence-corrected chi connectivity index (χ1v) is 16.4. The summed E-state index contributed by atoms with van der Waals surface area (Å²) in [5.74, 6) is -0.127. The second-order valence-electron chi connectivity index (χ2n) is 12.0. The maximum Gasteiger partial charge on any atom is 0.245 e. The number of nitrogens with one attached hydrogen (secondary N) is 2. The molecule has 3 aromatic rings. The van der Waals surface area contributed by atoms with Crippen molar-refractivity contribution in [1.29, 1.82) is 0 Å². The Hall–Kier alpha value is -3.23. The van der Waals surface area contributed by atoms with Crippen LogP contribution >= 0.6 is 11.6 Å². The lowest BCUT2D eigenvalue weighted by atomic mass is 10.0. The van der Waals surface area contributed by atoms with Gasteiger partial charge in [0, 0.05) is 69.2 Å². The number of piperazine rings is 1. The molecule has 44 heavy (non-hydrogen) atoms. The largest absolute Gasteiger partial charge is 0.344 e. The number of rotatable bonds is 12. The molecule has 1 fully saturated rings. The van der Waals surface area contributed by atoms with Crippen LogP contribution in [0.1, 0.15) is 60.2 Å². The van der Waals surface area contributed by atoms with Gasteiger partial charge in [-0.1, -0.05) is 97.7 Å². The monoisotopic (exact) mass is 615 g/mol. The van der Waals surface area contributed by atoms with E-state index in [0.29, 0.717) is 25.9 Å². The SMILES string of the molecule is CCN(CC)CC(c1ccccc1Cl)N1CCN(C(=O)[C@@H](Cc2ccc(C)cc2)NC(=O)CC2NCc3ccccc32)CC1. The average Bonchev–Trinajstić information content (AvgIpc) is 3.45. The van der Waals surface area contributed by atoms with E-state index in [1.54, 1.807) is 0 Å². The molecule has 2 unspecified atom stereocenters. The summed E-state index contributed by atoms with van der Waals surface area (Å²) in [7, 11) is 0. The molecule has 8 heteroatoms. The maximum absolute atomic E-state index is 14.1. The van der Waals surface area contributed by atoms with Crippen LogP contribution < -0.4 is 10.6 Å². The number of halogens is 1. The van der Waals surface area contributed by atoms with Gasteiger partial charge in [-0.3, -0.25) is 14.5 Å². The Morgan fingerprint density at radius 2 is 1.64 bits per heavy atom. The topological polar surface area (TPSA) is 67.9 Å². The van der Waals surface area contributed by atoms with Crippen molar-refractivity contribution in [2.24, 2.45) is 0 Å². The molecule has 0 radical (unpaired) electrons. The minimum atomic E-state index is -0.622. The summed E-state index contributed by atoms with van der Waals surface area (Å²) in [5.41, 5.74) is 5.73. The average molecular weight is 616 g/mol. The highest BCUT2D eigenvalue weighted by atomic mass is 35.5. The summed E-state index contributed by atoms with van der Waals surface area (Å²) >= 11 is 6.70. The number of nitrogens with zero attached hydrogens (tertiary/aromatic N) is 3. The van der Waals surface area contributed by atoms with Gasteiger partial charge in [0.05, 0.1) is 0 Å². The summed E-state index contributed by atoms with van der Waals surface area (Å²) in [5, 5.41) is 7.37. The molecule has 234 valence electrons. The van der Waals surface area contributed by atoms with E-state index >= 15 is 0 Å². The van der Waals surface area contributed by atoms with Crippen LogP contribution in [0.2, 0.25) is 5.02 Å². The zero-order valence-electron chi connectivity index (χ0n) is 26.3. The zero-order valence-corrected chi connectivity index (χ0v) is 27.0. The molecule has 1 saturated heterocycles. The summed E-state index contributed by atoms with van der Waals surface area (Å²) in [4.78, 5) is 34.3. The van der Waals surface area contributed by atoms with Crippen molar-refractivity contribution in [2.75, 3.05) is 45.8 Å². The third kappa shape index (κ3) is 7.88. The van der Waals surface area contributed by atoms with Crippen molar-refractivity contribution < 1.29 is 9.59 Å². The van der Waals surface area contributed by atoms with Gasteiger partial charge in [0.1, 0.15) is 6.04 Å². The first-order chi connectivity index (χ1) is 21.4. The molecule has 2 aliphatic rings. The lowest BCUT2D eigenvalue weighted by Gasteiger charge is -2.42. The fourth-order valence-electron chi connectivity index (χ4n) is 6.52. The molecule has 2 aliphatic heterocycles. The number of hydrogen-bond acceptors (Lipinski definition) is 5. The van der Waals surface area contributed by atoms with E-state index in [1.165, 1.54) is 11.1 Å². The third-order valence-corrected chi connectivity index (χ3v) is 9.55. The smallest absolute Gasteiger partial charge is 0.245 e. The molecule has 2 amide bonds. The van der Waals surface area contributed by atoms with Crippen LogP contribution in [0.3, 0.4) is 0 Å². The maximum atomic E-state index is 14.1. The highest BCUT2D eigenvalue weighted by Gasteiger charge is 2.33. The van der Waals surface area contributed by atoms with E-state index in [0.717, 1.165) is 61.0 Å². The fourth-order valence-corrected chi connectivity index (χ4v) is 6.78. The summed E-state index contributed by atoms with van der Waals surface area (Å²) in [6.45, 7) is 12.7. The van der Waals surface area contributed by atoms with Crippen molar-refractivity contribution in [1.82, 2.24) is 25.3 Å². The van der Waals surface area contributed by atoms with Crippen molar-refractivity contribution >= 4 is 23.4 Å². The molecule has 5 rings (SSSR count). The molecule has 7 nitrogen and oxygen atoms in total. The molecule has 0 aliphatic carbocycles. The van der Waals surface area contributed by atoms with E-state index in [4.69, 9.17) is 11.6 Å². The number of likely N-dealkylation sites (N-methyl/N-ethyl adjacent to an activating group) is 1. The van der Waals surface area contributed by atoms with Gasteiger partial charge in [-0.15, -0.1) is 0 Å². The number of carbonyl (C=O) groups is 2. The van der Waals surface area contributed by atoms with Gasteiger partial charge in [0.15, 0.2) is 0 Å². The predicted octanol–water partition coefficient (Wildman–Crippen LogP) is 5.14. The van der Waals surface area contributed by atoms with Crippen LogP contribution in [0.4, 0.5) is 0 Å². The van der Waals surface area contributed by atoms with E-state index in [1.807, 2.05) is 35.2 Å². The molecule has 0 spiro atoms. The third-order valence-electron chi connectivity index (χ3n) is 9.21. The standard InChI is InChI=1S/C36H46ClN5O2/c1-4-40(5-2)25-34(30-12-8-9-13-31(30)37)41-18-20-42(21-19-41)36(44)33(22-27-16-14-26(3)15-17-27)39-35(43)23-32-29-11-7-6-10-28(29)24-38-32/h6-17,32-34,38H,4-5,18-25H2,1-3H3,(H,39,43)/t32?,33-,34?/m1/s1. The Morgan fingerprint density at radius 1 is 0.955 bits per heavy atom. The summed E-state index contributed by atoms with van der Waals surface area (Å²) in [6.07, 6.45) is 0.761. The van der Waals surface area contributed by atoms with Gasteiger partial charge < -0.3 is 20.4 Å².